The smallest absolute Gasteiger partial charge is 0.339 e. The number of benzene rings is 1. The van der Waals surface area contributed by atoms with E-state index in [2.05, 4.69) is 10.3 Å². The molecule has 0 saturated heterocycles. The normalized spacial score (nSPS) is 10.1. The number of aromatic carboxylic acids is 1. The molecular weight excluding hydrogens is 284 g/mol. The molecule has 0 bridgehead atoms. The van der Waals surface area contributed by atoms with Crippen LogP contribution in [-0.4, -0.2) is 27.1 Å². The number of amides is 1. The highest BCUT2D eigenvalue weighted by Crippen LogP contribution is 2.27. The van der Waals surface area contributed by atoms with Crippen LogP contribution in [0.1, 0.15) is 20.7 Å². The van der Waals surface area contributed by atoms with Crippen LogP contribution in [0.3, 0.4) is 0 Å². The minimum Gasteiger partial charge on any atom is -0.505 e. The summed E-state index contributed by atoms with van der Waals surface area (Å²) >= 11 is 5.61. The molecule has 0 spiro atoms. The number of pyridine rings is 1. The monoisotopic (exact) mass is 292 g/mol. The molecule has 6 nitrogen and oxygen atoms in total. The molecule has 1 heterocycles. The third kappa shape index (κ3) is 2.86. The van der Waals surface area contributed by atoms with Crippen molar-refractivity contribution in [3.63, 3.8) is 0 Å². The fraction of sp³-hybridized carbons (Fsp3) is 0. The number of nitrogens with one attached hydrogen (secondary N) is 1. The first-order chi connectivity index (χ1) is 9.49. The molecule has 0 unspecified atom stereocenters. The standard InChI is InChI=1S/C13H9ClN2O4/c14-10-5-4-7(6-15-10)12(18)16-9-3-1-2-8(11(9)17)13(19)20/h1-6,17H,(H,16,18)(H,19,20). The van der Waals surface area contributed by atoms with Crippen molar-refractivity contribution in [2.24, 2.45) is 0 Å². The van der Waals surface area contributed by atoms with Gasteiger partial charge in [0.1, 0.15) is 10.7 Å². The number of rotatable bonds is 3. The number of aromatic hydroxyl groups is 1. The van der Waals surface area contributed by atoms with Gasteiger partial charge in [0.2, 0.25) is 0 Å². The molecule has 102 valence electrons. The molecule has 7 heteroatoms. The van der Waals surface area contributed by atoms with E-state index in [-0.39, 0.29) is 22.0 Å². The summed E-state index contributed by atoms with van der Waals surface area (Å²) in [6.07, 6.45) is 1.27. The van der Waals surface area contributed by atoms with E-state index in [1.807, 2.05) is 0 Å². The second-order valence-electron chi connectivity index (χ2n) is 3.83. The average Bonchev–Trinajstić information content (AvgIpc) is 2.41. The van der Waals surface area contributed by atoms with Gasteiger partial charge in [-0.15, -0.1) is 0 Å². The molecule has 20 heavy (non-hydrogen) atoms. The Bertz CT molecular complexity index is 671. The van der Waals surface area contributed by atoms with Gasteiger partial charge in [0.05, 0.1) is 11.3 Å². The van der Waals surface area contributed by atoms with Crippen LogP contribution in [0, 0.1) is 0 Å². The van der Waals surface area contributed by atoms with Gasteiger partial charge in [-0.1, -0.05) is 17.7 Å². The third-order valence-corrected chi connectivity index (χ3v) is 2.73. The number of hydrogen-bond donors (Lipinski definition) is 3. The second-order valence-corrected chi connectivity index (χ2v) is 4.22. The minimum absolute atomic E-state index is 0.00449. The third-order valence-electron chi connectivity index (χ3n) is 2.50. The van der Waals surface area contributed by atoms with Crippen molar-refractivity contribution in [3.8, 4) is 5.75 Å². The summed E-state index contributed by atoms with van der Waals surface area (Å²) in [4.78, 5) is 26.5. The fourth-order valence-corrected chi connectivity index (χ4v) is 1.63. The van der Waals surface area contributed by atoms with E-state index in [1.165, 1.54) is 36.5 Å². The summed E-state index contributed by atoms with van der Waals surface area (Å²) in [6.45, 7) is 0. The number of carbonyl (C=O) groups is 2. The second kappa shape index (κ2) is 5.58. The summed E-state index contributed by atoms with van der Waals surface area (Å²) in [6, 6.07) is 6.95. The van der Waals surface area contributed by atoms with Gasteiger partial charge in [-0.05, 0) is 24.3 Å². The zero-order chi connectivity index (χ0) is 14.7. The number of aromatic nitrogens is 1. The molecule has 2 rings (SSSR count). The number of halogens is 1. The molecule has 0 aliphatic rings. The maximum absolute atomic E-state index is 11.9. The molecule has 1 aromatic heterocycles. The maximum atomic E-state index is 11.9. The Balaban J connectivity index is 2.26. The van der Waals surface area contributed by atoms with Crippen molar-refractivity contribution in [1.29, 1.82) is 0 Å². The quantitative estimate of drug-likeness (QED) is 0.596. The van der Waals surface area contributed by atoms with Crippen molar-refractivity contribution in [2.45, 2.75) is 0 Å². The van der Waals surface area contributed by atoms with Gasteiger partial charge in [-0.2, -0.15) is 0 Å². The number of carboxylic acid groups (broad SMARTS) is 1. The first-order valence-corrected chi connectivity index (χ1v) is 5.85. The van der Waals surface area contributed by atoms with E-state index < -0.39 is 17.6 Å². The highest BCUT2D eigenvalue weighted by atomic mass is 35.5. The largest absolute Gasteiger partial charge is 0.505 e. The number of phenols is 1. The molecule has 2 aromatic rings. The summed E-state index contributed by atoms with van der Waals surface area (Å²) < 4.78 is 0. The summed E-state index contributed by atoms with van der Waals surface area (Å²) in [7, 11) is 0. The van der Waals surface area contributed by atoms with Crippen LogP contribution in [0.5, 0.6) is 5.75 Å². The SMILES string of the molecule is O=C(Nc1cccc(C(=O)O)c1O)c1ccc(Cl)nc1. The zero-order valence-electron chi connectivity index (χ0n) is 10.0. The van der Waals surface area contributed by atoms with Gasteiger partial charge in [0.25, 0.3) is 5.91 Å². The molecule has 0 saturated carbocycles. The lowest BCUT2D eigenvalue weighted by Gasteiger charge is -2.08. The van der Waals surface area contributed by atoms with E-state index in [1.54, 1.807) is 0 Å². The molecule has 0 atom stereocenters. The van der Waals surface area contributed by atoms with E-state index in [9.17, 15) is 14.7 Å². The van der Waals surface area contributed by atoms with Crippen LogP contribution in [0.25, 0.3) is 0 Å². The van der Waals surface area contributed by atoms with Gasteiger partial charge in [0, 0.05) is 6.20 Å². The molecule has 1 aromatic carbocycles. The molecule has 3 N–H and O–H groups in total. The van der Waals surface area contributed by atoms with Crippen molar-refractivity contribution in [1.82, 2.24) is 4.98 Å². The van der Waals surface area contributed by atoms with Crippen molar-refractivity contribution < 1.29 is 19.8 Å². The Morgan fingerprint density at radius 3 is 2.55 bits per heavy atom. The predicted octanol–water partition coefficient (Wildman–Crippen LogP) is 2.39. The van der Waals surface area contributed by atoms with Gasteiger partial charge in [-0.25, -0.2) is 9.78 Å². The van der Waals surface area contributed by atoms with Gasteiger partial charge >= 0.3 is 5.97 Å². The molecule has 1 amide bonds. The van der Waals surface area contributed by atoms with Crippen LogP contribution in [0.2, 0.25) is 5.15 Å². The summed E-state index contributed by atoms with van der Waals surface area (Å²) in [5.74, 6) is -2.32. The van der Waals surface area contributed by atoms with Gasteiger partial charge in [0.15, 0.2) is 5.75 Å². The number of carboxylic acids is 1. The van der Waals surface area contributed by atoms with E-state index in [0.717, 1.165) is 0 Å². The molecule has 0 aliphatic heterocycles. The van der Waals surface area contributed by atoms with Crippen LogP contribution in [-0.2, 0) is 0 Å². The maximum Gasteiger partial charge on any atom is 0.339 e. The predicted molar refractivity (Wildman–Crippen MR) is 72.3 cm³/mol. The van der Waals surface area contributed by atoms with Crippen LogP contribution in [0.15, 0.2) is 36.5 Å². The lowest BCUT2D eigenvalue weighted by atomic mass is 10.1. The highest BCUT2D eigenvalue weighted by Gasteiger charge is 2.15. The summed E-state index contributed by atoms with van der Waals surface area (Å²) in [5, 5.41) is 21.3. The molecular formula is C13H9ClN2O4. The summed E-state index contributed by atoms with van der Waals surface area (Å²) in [5.41, 5.74) is -0.0589. The van der Waals surface area contributed by atoms with Gasteiger partial charge in [-0.3, -0.25) is 4.79 Å². The Labute approximate surface area is 118 Å². The van der Waals surface area contributed by atoms with Crippen LogP contribution >= 0.6 is 11.6 Å². The number of nitrogens with zero attached hydrogens (tertiary/aromatic N) is 1. The van der Waals surface area contributed by atoms with E-state index in [0.29, 0.717) is 0 Å². The lowest BCUT2D eigenvalue weighted by molar-refractivity contribution is 0.0693. The average molecular weight is 293 g/mol. The van der Waals surface area contributed by atoms with Crippen LogP contribution in [0.4, 0.5) is 5.69 Å². The van der Waals surface area contributed by atoms with Crippen molar-refractivity contribution in [3.05, 3.63) is 52.8 Å². The zero-order valence-corrected chi connectivity index (χ0v) is 10.8. The Morgan fingerprint density at radius 2 is 1.95 bits per heavy atom. The highest BCUT2D eigenvalue weighted by molar-refractivity contribution is 6.29. The Hall–Kier alpha value is -2.60. The number of anilines is 1. The molecule has 0 fully saturated rings. The number of carbonyl (C=O) groups excluding carboxylic acids is 1. The Kier molecular flexibility index (Phi) is 3.86. The van der Waals surface area contributed by atoms with Crippen molar-refractivity contribution in [2.75, 3.05) is 5.32 Å². The first kappa shape index (κ1) is 13.8. The fourth-order valence-electron chi connectivity index (χ4n) is 1.52. The van der Waals surface area contributed by atoms with E-state index >= 15 is 0 Å². The minimum atomic E-state index is -1.29. The van der Waals surface area contributed by atoms with Crippen LogP contribution < -0.4 is 5.32 Å². The topological polar surface area (TPSA) is 99.5 Å². The Morgan fingerprint density at radius 1 is 1.20 bits per heavy atom. The first-order valence-electron chi connectivity index (χ1n) is 5.47. The number of hydrogen-bond acceptors (Lipinski definition) is 4. The van der Waals surface area contributed by atoms with Crippen molar-refractivity contribution >= 4 is 29.2 Å². The number of para-hydroxylation sites is 1. The molecule has 0 radical (unpaired) electrons. The molecule has 0 aliphatic carbocycles. The van der Waals surface area contributed by atoms with E-state index in [4.69, 9.17) is 16.7 Å². The van der Waals surface area contributed by atoms with Gasteiger partial charge < -0.3 is 15.5 Å². The lowest BCUT2D eigenvalue weighted by Crippen LogP contribution is -2.13.